The van der Waals surface area contributed by atoms with E-state index in [1.54, 1.807) is 4.90 Å². The van der Waals surface area contributed by atoms with Gasteiger partial charge in [0, 0.05) is 12.2 Å². The molecule has 0 bridgehead atoms. The minimum atomic E-state index is -0.00583. The number of piperidine rings is 1. The van der Waals surface area contributed by atoms with E-state index in [0.717, 1.165) is 29.9 Å². The molecule has 4 heteroatoms. The third-order valence-corrected chi connectivity index (χ3v) is 6.49. The standard InChI is InChI=1S/C27H39N3O/c1-21-10-9-11-22(2)25(21)28-26(31)30(19-18-29-16-7-6-8-17-29)20-23-12-14-24(15-13-23)27(3,4)5/h9-15H,6-8,16-20H2,1-5H3,(H,28,31)/p+1. The van der Waals surface area contributed by atoms with Gasteiger partial charge < -0.3 is 15.1 Å². The smallest absolute Gasteiger partial charge is 0.322 e. The summed E-state index contributed by atoms with van der Waals surface area (Å²) in [6, 6.07) is 14.9. The predicted octanol–water partition coefficient (Wildman–Crippen LogP) is 4.70. The normalized spacial score (nSPS) is 15.0. The number of nitrogens with zero attached hydrogens (tertiary/aromatic N) is 1. The number of quaternary nitrogens is 1. The van der Waals surface area contributed by atoms with Crippen LogP contribution in [0.3, 0.4) is 0 Å². The third kappa shape index (κ3) is 6.57. The van der Waals surface area contributed by atoms with Gasteiger partial charge in [-0.3, -0.25) is 0 Å². The summed E-state index contributed by atoms with van der Waals surface area (Å²) in [7, 11) is 0. The molecule has 3 rings (SSSR count). The molecule has 1 fully saturated rings. The Bertz CT molecular complexity index is 841. The van der Waals surface area contributed by atoms with Crippen molar-refractivity contribution in [3.8, 4) is 0 Å². The molecule has 0 saturated carbocycles. The number of benzene rings is 2. The van der Waals surface area contributed by atoms with E-state index in [1.165, 1.54) is 43.5 Å². The molecule has 4 nitrogen and oxygen atoms in total. The van der Waals surface area contributed by atoms with Crippen LogP contribution in [0.25, 0.3) is 0 Å². The molecule has 31 heavy (non-hydrogen) atoms. The maximum atomic E-state index is 13.3. The van der Waals surface area contributed by atoms with Gasteiger partial charge in [-0.2, -0.15) is 0 Å². The van der Waals surface area contributed by atoms with Gasteiger partial charge in [0.1, 0.15) is 0 Å². The van der Waals surface area contributed by atoms with Crippen LogP contribution in [-0.4, -0.2) is 37.1 Å². The van der Waals surface area contributed by atoms with Crippen LogP contribution >= 0.6 is 0 Å². The molecule has 1 aliphatic heterocycles. The Morgan fingerprint density at radius 3 is 2.16 bits per heavy atom. The summed E-state index contributed by atoms with van der Waals surface area (Å²) >= 11 is 0. The lowest BCUT2D eigenvalue weighted by molar-refractivity contribution is -0.904. The van der Waals surface area contributed by atoms with Gasteiger partial charge in [-0.15, -0.1) is 0 Å². The van der Waals surface area contributed by atoms with Crippen LogP contribution in [0.5, 0.6) is 0 Å². The third-order valence-electron chi connectivity index (χ3n) is 6.49. The lowest BCUT2D eigenvalue weighted by atomic mass is 9.87. The number of amides is 2. The fraction of sp³-hybridized carbons (Fsp3) is 0.519. The molecule has 0 atom stereocenters. The fourth-order valence-corrected chi connectivity index (χ4v) is 4.38. The monoisotopic (exact) mass is 422 g/mol. The minimum absolute atomic E-state index is 0.00583. The number of urea groups is 1. The predicted molar refractivity (Wildman–Crippen MR) is 130 cm³/mol. The van der Waals surface area contributed by atoms with Crippen LogP contribution in [0.15, 0.2) is 42.5 Å². The van der Waals surface area contributed by atoms with E-state index >= 15 is 0 Å². The number of rotatable bonds is 6. The summed E-state index contributed by atoms with van der Waals surface area (Å²) in [6.45, 7) is 15.7. The number of hydrogen-bond acceptors (Lipinski definition) is 1. The van der Waals surface area contributed by atoms with E-state index in [4.69, 9.17) is 0 Å². The van der Waals surface area contributed by atoms with Crippen LogP contribution in [0.2, 0.25) is 0 Å². The Morgan fingerprint density at radius 2 is 1.58 bits per heavy atom. The second-order valence-electron chi connectivity index (χ2n) is 10.1. The number of nitrogens with one attached hydrogen (secondary N) is 2. The summed E-state index contributed by atoms with van der Waals surface area (Å²) in [4.78, 5) is 16.9. The lowest BCUT2D eigenvalue weighted by Gasteiger charge is -2.29. The number of anilines is 1. The molecular weight excluding hydrogens is 382 g/mol. The van der Waals surface area contributed by atoms with Crippen LogP contribution in [0, 0.1) is 13.8 Å². The second-order valence-corrected chi connectivity index (χ2v) is 10.1. The molecule has 0 spiro atoms. The highest BCUT2D eigenvalue weighted by molar-refractivity contribution is 5.91. The Kier molecular flexibility index (Phi) is 7.77. The Hall–Kier alpha value is -2.33. The number of hydrogen-bond donors (Lipinski definition) is 2. The number of carbonyl (C=O) groups is 1. The maximum Gasteiger partial charge on any atom is 0.322 e. The van der Waals surface area contributed by atoms with Crippen molar-refractivity contribution in [2.45, 2.75) is 65.8 Å². The summed E-state index contributed by atoms with van der Waals surface area (Å²) in [6.07, 6.45) is 3.96. The van der Waals surface area contributed by atoms with E-state index in [9.17, 15) is 4.79 Å². The highest BCUT2D eigenvalue weighted by Crippen LogP contribution is 2.23. The second kappa shape index (κ2) is 10.3. The highest BCUT2D eigenvalue weighted by Gasteiger charge is 2.20. The van der Waals surface area contributed by atoms with E-state index in [2.05, 4.69) is 76.3 Å². The number of carbonyl (C=O) groups excluding carboxylic acids is 1. The molecule has 0 aromatic heterocycles. The zero-order valence-electron chi connectivity index (χ0n) is 20.1. The van der Waals surface area contributed by atoms with Crippen molar-refractivity contribution in [2.75, 3.05) is 31.5 Å². The molecule has 2 aromatic carbocycles. The quantitative estimate of drug-likeness (QED) is 0.695. The lowest BCUT2D eigenvalue weighted by Crippen LogP contribution is -3.13. The van der Waals surface area contributed by atoms with E-state index in [-0.39, 0.29) is 11.4 Å². The van der Waals surface area contributed by atoms with Crippen LogP contribution in [-0.2, 0) is 12.0 Å². The van der Waals surface area contributed by atoms with Crippen molar-refractivity contribution >= 4 is 11.7 Å². The maximum absolute atomic E-state index is 13.3. The van der Waals surface area contributed by atoms with Crippen LogP contribution in [0.1, 0.15) is 62.3 Å². The molecule has 0 aliphatic carbocycles. The van der Waals surface area contributed by atoms with Gasteiger partial charge in [-0.25, -0.2) is 4.79 Å². The van der Waals surface area contributed by atoms with Gasteiger partial charge in [-0.1, -0.05) is 63.2 Å². The summed E-state index contributed by atoms with van der Waals surface area (Å²) in [5, 5.41) is 3.20. The zero-order chi connectivity index (χ0) is 22.4. The van der Waals surface area contributed by atoms with Gasteiger partial charge in [0.15, 0.2) is 0 Å². The molecule has 1 saturated heterocycles. The molecule has 1 aliphatic rings. The Morgan fingerprint density at radius 1 is 0.968 bits per heavy atom. The Balaban J connectivity index is 1.74. The average Bonchev–Trinajstić information content (AvgIpc) is 2.74. The highest BCUT2D eigenvalue weighted by atomic mass is 16.2. The zero-order valence-corrected chi connectivity index (χ0v) is 20.1. The average molecular weight is 423 g/mol. The van der Waals surface area contributed by atoms with E-state index in [0.29, 0.717) is 6.54 Å². The molecular formula is C27H40N3O+. The van der Waals surface area contributed by atoms with Crippen molar-refractivity contribution < 1.29 is 9.69 Å². The van der Waals surface area contributed by atoms with Gasteiger partial charge in [-0.05, 0) is 60.8 Å². The largest absolute Gasteiger partial charge is 0.333 e. The fourth-order valence-electron chi connectivity index (χ4n) is 4.38. The Labute approximate surface area is 188 Å². The first-order valence-electron chi connectivity index (χ1n) is 11.8. The van der Waals surface area contributed by atoms with E-state index in [1.807, 2.05) is 11.0 Å². The van der Waals surface area contributed by atoms with Crippen LogP contribution in [0.4, 0.5) is 10.5 Å². The van der Waals surface area contributed by atoms with E-state index < -0.39 is 0 Å². The number of para-hydroxylation sites is 1. The molecule has 2 amide bonds. The van der Waals surface area contributed by atoms with Gasteiger partial charge in [0.05, 0.1) is 26.2 Å². The first-order chi connectivity index (χ1) is 14.7. The summed E-state index contributed by atoms with van der Waals surface area (Å²) < 4.78 is 0. The molecule has 168 valence electrons. The number of aryl methyl sites for hydroxylation is 2. The van der Waals surface area contributed by atoms with Crippen molar-refractivity contribution in [1.29, 1.82) is 0 Å². The molecule has 0 unspecified atom stereocenters. The molecule has 1 heterocycles. The van der Waals surface area contributed by atoms with Gasteiger partial charge >= 0.3 is 6.03 Å². The van der Waals surface area contributed by atoms with Crippen molar-refractivity contribution in [3.63, 3.8) is 0 Å². The van der Waals surface area contributed by atoms with Crippen molar-refractivity contribution in [1.82, 2.24) is 4.90 Å². The summed E-state index contributed by atoms with van der Waals surface area (Å²) in [5.41, 5.74) is 5.77. The molecule has 0 radical (unpaired) electrons. The summed E-state index contributed by atoms with van der Waals surface area (Å²) in [5.74, 6) is 0. The SMILES string of the molecule is Cc1cccc(C)c1NC(=O)N(CC[NH+]1CCCCC1)Cc1ccc(C(C)(C)C)cc1. The topological polar surface area (TPSA) is 36.8 Å². The molecule has 2 N–H and O–H groups in total. The van der Waals surface area contributed by atoms with Gasteiger partial charge in [0.2, 0.25) is 0 Å². The first-order valence-corrected chi connectivity index (χ1v) is 11.8. The number of likely N-dealkylation sites (tertiary alicyclic amines) is 1. The minimum Gasteiger partial charge on any atom is -0.333 e. The van der Waals surface area contributed by atoms with Gasteiger partial charge in [0.25, 0.3) is 0 Å². The van der Waals surface area contributed by atoms with Crippen molar-refractivity contribution in [3.05, 3.63) is 64.7 Å². The molecule has 2 aromatic rings. The first kappa shape index (κ1) is 23.3. The van der Waals surface area contributed by atoms with Crippen molar-refractivity contribution in [2.24, 2.45) is 0 Å². The van der Waals surface area contributed by atoms with Crippen LogP contribution < -0.4 is 10.2 Å².